The van der Waals surface area contributed by atoms with Crippen molar-refractivity contribution in [1.29, 1.82) is 0 Å². The summed E-state index contributed by atoms with van der Waals surface area (Å²) in [6.07, 6.45) is -0.766. The van der Waals surface area contributed by atoms with Gasteiger partial charge >= 0.3 is 5.97 Å². The van der Waals surface area contributed by atoms with Crippen LogP contribution in [-0.4, -0.2) is 29.9 Å². The zero-order chi connectivity index (χ0) is 19.6. The Morgan fingerprint density at radius 3 is 2.48 bits per heavy atom. The quantitative estimate of drug-likeness (QED) is 0.612. The van der Waals surface area contributed by atoms with Crippen molar-refractivity contribution in [1.82, 2.24) is 5.01 Å². The summed E-state index contributed by atoms with van der Waals surface area (Å²) < 4.78 is 16.4. The molecule has 7 nitrogen and oxygen atoms in total. The van der Waals surface area contributed by atoms with Crippen molar-refractivity contribution in [2.75, 3.05) is 7.11 Å². The molecule has 1 heterocycles. The van der Waals surface area contributed by atoms with E-state index in [0.717, 1.165) is 11.1 Å². The van der Waals surface area contributed by atoms with E-state index < -0.39 is 12.2 Å². The van der Waals surface area contributed by atoms with Crippen LogP contribution in [0.2, 0.25) is 0 Å². The number of aryl methyl sites for hydroxylation is 1. The van der Waals surface area contributed by atoms with Gasteiger partial charge in [0.1, 0.15) is 0 Å². The molecular formula is C20H20N2O5. The molecule has 1 amide bonds. The largest absolute Gasteiger partial charge is 0.493 e. The van der Waals surface area contributed by atoms with Gasteiger partial charge in [0.25, 0.3) is 0 Å². The van der Waals surface area contributed by atoms with E-state index in [0.29, 0.717) is 17.2 Å². The van der Waals surface area contributed by atoms with Gasteiger partial charge in [-0.1, -0.05) is 18.2 Å². The highest BCUT2D eigenvalue weighted by Gasteiger charge is 2.34. The van der Waals surface area contributed by atoms with Crippen LogP contribution in [0.25, 0.3) is 0 Å². The first-order valence-corrected chi connectivity index (χ1v) is 8.38. The highest BCUT2D eigenvalue weighted by Crippen LogP contribution is 2.36. The molecule has 7 heteroatoms. The number of carbonyl (C=O) groups is 2. The van der Waals surface area contributed by atoms with E-state index in [9.17, 15) is 9.59 Å². The Bertz CT molecular complexity index is 922. The number of hydrogen-bond donors (Lipinski definition) is 0. The average molecular weight is 368 g/mol. The van der Waals surface area contributed by atoms with Gasteiger partial charge in [-0.2, -0.15) is 5.01 Å². The third kappa shape index (κ3) is 3.76. The molecule has 0 N–H and O–H groups in total. The van der Waals surface area contributed by atoms with E-state index in [4.69, 9.17) is 14.2 Å². The molecule has 2 aromatic carbocycles. The number of amides is 1. The van der Waals surface area contributed by atoms with Gasteiger partial charge in [0.15, 0.2) is 11.5 Å². The lowest BCUT2D eigenvalue weighted by Gasteiger charge is -2.20. The fraction of sp³-hybridized carbons (Fsp3) is 0.250. The van der Waals surface area contributed by atoms with Gasteiger partial charge in [0.05, 0.1) is 7.11 Å². The van der Waals surface area contributed by atoms with Gasteiger partial charge in [-0.05, 0) is 36.8 Å². The second-order valence-corrected chi connectivity index (χ2v) is 6.06. The van der Waals surface area contributed by atoms with Gasteiger partial charge in [-0.15, -0.1) is 5.10 Å². The van der Waals surface area contributed by atoms with Gasteiger partial charge in [-0.25, -0.2) is 0 Å². The molecule has 0 spiro atoms. The van der Waals surface area contributed by atoms with Crippen LogP contribution in [0, 0.1) is 6.92 Å². The first-order valence-electron chi connectivity index (χ1n) is 8.38. The Morgan fingerprint density at radius 1 is 1.11 bits per heavy atom. The van der Waals surface area contributed by atoms with Crippen molar-refractivity contribution >= 4 is 17.8 Å². The van der Waals surface area contributed by atoms with E-state index in [-0.39, 0.29) is 11.7 Å². The van der Waals surface area contributed by atoms with E-state index in [1.807, 2.05) is 31.2 Å². The summed E-state index contributed by atoms with van der Waals surface area (Å²) in [5.74, 6) is 0.268. The molecule has 0 saturated heterocycles. The molecule has 0 aromatic heterocycles. The van der Waals surface area contributed by atoms with Crippen molar-refractivity contribution in [3.05, 3.63) is 59.2 Å². The number of rotatable bonds is 4. The van der Waals surface area contributed by atoms with Gasteiger partial charge in [0, 0.05) is 25.0 Å². The SMILES string of the molecule is COc1ccc([C@@H]2OC(c3ccccc3C)=NN2C(C)=O)cc1OC(C)=O. The lowest BCUT2D eigenvalue weighted by molar-refractivity contribution is -0.135. The molecule has 27 heavy (non-hydrogen) atoms. The van der Waals surface area contributed by atoms with Crippen LogP contribution in [0.15, 0.2) is 47.6 Å². The third-order valence-corrected chi connectivity index (χ3v) is 4.07. The van der Waals surface area contributed by atoms with E-state index in [1.54, 1.807) is 18.2 Å². The maximum atomic E-state index is 12.1. The molecule has 0 unspecified atom stereocenters. The minimum atomic E-state index is -0.766. The summed E-state index contributed by atoms with van der Waals surface area (Å²) in [5.41, 5.74) is 2.39. The number of ether oxygens (including phenoxy) is 3. The molecule has 0 radical (unpaired) electrons. The molecular weight excluding hydrogens is 348 g/mol. The minimum absolute atomic E-state index is 0.249. The van der Waals surface area contributed by atoms with Crippen LogP contribution in [0.5, 0.6) is 11.5 Å². The minimum Gasteiger partial charge on any atom is -0.493 e. The summed E-state index contributed by atoms with van der Waals surface area (Å²) in [6.45, 7) is 4.66. The van der Waals surface area contributed by atoms with Crippen molar-refractivity contribution in [3.8, 4) is 11.5 Å². The molecule has 2 aromatic rings. The Labute approximate surface area is 157 Å². The van der Waals surface area contributed by atoms with E-state index in [2.05, 4.69) is 5.10 Å². The fourth-order valence-corrected chi connectivity index (χ4v) is 2.79. The van der Waals surface area contributed by atoms with Gasteiger partial charge in [-0.3, -0.25) is 9.59 Å². The molecule has 1 aliphatic rings. The Hall–Kier alpha value is -3.35. The number of hydrogen-bond acceptors (Lipinski definition) is 6. The van der Waals surface area contributed by atoms with E-state index >= 15 is 0 Å². The third-order valence-electron chi connectivity index (χ3n) is 4.07. The van der Waals surface area contributed by atoms with Gasteiger partial charge < -0.3 is 14.2 Å². The standard InChI is InChI=1S/C20H20N2O5/c1-12-7-5-6-8-16(12)19-21-22(13(2)23)20(27-19)15-9-10-17(25-4)18(11-15)26-14(3)24/h5-11,20H,1-4H3/t20-/m0/s1. The highest BCUT2D eigenvalue weighted by molar-refractivity contribution is 5.97. The molecule has 3 rings (SSSR count). The van der Waals surface area contributed by atoms with Crippen LogP contribution in [-0.2, 0) is 14.3 Å². The highest BCUT2D eigenvalue weighted by atomic mass is 16.6. The number of methoxy groups -OCH3 is 1. The van der Waals surface area contributed by atoms with E-state index in [1.165, 1.54) is 26.0 Å². The van der Waals surface area contributed by atoms with Crippen molar-refractivity contribution in [3.63, 3.8) is 0 Å². The molecule has 0 fully saturated rings. The number of nitrogens with zero attached hydrogens (tertiary/aromatic N) is 2. The Balaban J connectivity index is 1.98. The maximum Gasteiger partial charge on any atom is 0.308 e. The summed E-state index contributed by atoms with van der Waals surface area (Å²) in [5, 5.41) is 5.61. The predicted octanol–water partition coefficient (Wildman–Crippen LogP) is 3.17. The lowest BCUT2D eigenvalue weighted by Crippen LogP contribution is -2.25. The van der Waals surface area contributed by atoms with Crippen molar-refractivity contribution in [2.24, 2.45) is 5.10 Å². The predicted molar refractivity (Wildman–Crippen MR) is 98.4 cm³/mol. The molecule has 0 aliphatic carbocycles. The first-order chi connectivity index (χ1) is 12.9. The van der Waals surface area contributed by atoms with Crippen molar-refractivity contribution in [2.45, 2.75) is 27.0 Å². The number of hydrazone groups is 1. The molecule has 140 valence electrons. The summed E-state index contributed by atoms with van der Waals surface area (Å²) >= 11 is 0. The zero-order valence-electron chi connectivity index (χ0n) is 15.6. The molecule has 1 atom stereocenters. The normalized spacial score (nSPS) is 15.8. The Morgan fingerprint density at radius 2 is 1.85 bits per heavy atom. The van der Waals surface area contributed by atoms with Crippen LogP contribution in [0.3, 0.4) is 0 Å². The fourth-order valence-electron chi connectivity index (χ4n) is 2.79. The maximum absolute atomic E-state index is 12.1. The van der Waals surface area contributed by atoms with Gasteiger partial charge in [0.2, 0.25) is 18.0 Å². The monoisotopic (exact) mass is 368 g/mol. The van der Waals surface area contributed by atoms with Crippen molar-refractivity contribution < 1.29 is 23.8 Å². The number of carbonyl (C=O) groups excluding carboxylic acids is 2. The smallest absolute Gasteiger partial charge is 0.308 e. The first kappa shape index (κ1) is 18.4. The lowest BCUT2D eigenvalue weighted by atomic mass is 10.1. The second-order valence-electron chi connectivity index (χ2n) is 6.06. The molecule has 1 aliphatic heterocycles. The Kier molecular flexibility index (Phi) is 5.12. The number of esters is 1. The second kappa shape index (κ2) is 7.49. The van der Waals surface area contributed by atoms with Crippen LogP contribution >= 0.6 is 0 Å². The molecule has 0 bridgehead atoms. The number of benzene rings is 2. The topological polar surface area (TPSA) is 77.4 Å². The summed E-state index contributed by atoms with van der Waals surface area (Å²) in [6, 6.07) is 12.6. The zero-order valence-corrected chi connectivity index (χ0v) is 15.6. The summed E-state index contributed by atoms with van der Waals surface area (Å²) in [7, 11) is 1.48. The average Bonchev–Trinajstić information content (AvgIpc) is 3.07. The van der Waals surface area contributed by atoms with Crippen LogP contribution in [0.4, 0.5) is 0 Å². The van der Waals surface area contributed by atoms with Crippen LogP contribution in [0.1, 0.15) is 36.8 Å². The summed E-state index contributed by atoms with van der Waals surface area (Å²) in [4.78, 5) is 23.5. The molecule has 0 saturated carbocycles. The van der Waals surface area contributed by atoms with Crippen LogP contribution < -0.4 is 9.47 Å².